The third kappa shape index (κ3) is 6.47. The number of ether oxygens (including phenoxy) is 3. The number of rotatable bonds is 11. The number of benzene rings is 2. The molecule has 0 atom stereocenters. The van der Waals surface area contributed by atoms with Crippen LogP contribution in [0.15, 0.2) is 48.5 Å². The highest BCUT2D eigenvalue weighted by Crippen LogP contribution is 2.26. The summed E-state index contributed by atoms with van der Waals surface area (Å²) in [6.07, 6.45) is 0.708. The first-order chi connectivity index (χ1) is 15.9. The summed E-state index contributed by atoms with van der Waals surface area (Å²) in [7, 11) is 3.18. The average molecular weight is 474 g/mol. The summed E-state index contributed by atoms with van der Waals surface area (Å²) in [6, 6.07) is 13.1. The fraction of sp³-hybridized carbons (Fsp3) is 0.261. The van der Waals surface area contributed by atoms with Gasteiger partial charge in [0.15, 0.2) is 5.82 Å². The first-order valence-corrected chi connectivity index (χ1v) is 10.5. The second-order valence-corrected chi connectivity index (χ2v) is 7.43. The monoisotopic (exact) mass is 473 g/mol. The van der Waals surface area contributed by atoms with Crippen LogP contribution in [-0.2, 0) is 11.3 Å². The Labute approximate surface area is 195 Å². The number of carbonyl (C=O) groups excluding carboxylic acids is 1. The molecular weight excluding hydrogens is 450 g/mol. The molecule has 33 heavy (non-hydrogen) atoms. The lowest BCUT2D eigenvalue weighted by atomic mass is 10.2. The van der Waals surface area contributed by atoms with E-state index in [-0.39, 0.29) is 28.6 Å². The predicted octanol–water partition coefficient (Wildman–Crippen LogP) is 3.96. The molecule has 9 nitrogen and oxygen atoms in total. The van der Waals surface area contributed by atoms with Gasteiger partial charge in [-0.2, -0.15) is 5.10 Å². The first kappa shape index (κ1) is 24.1. The predicted molar refractivity (Wildman–Crippen MR) is 123 cm³/mol. The SMILES string of the molecule is COCCCOc1ccc(C(=O)Nc2cc(C(=O)O)n(Cc3ccc(OC)cc3)n2)cc1Cl. The smallest absolute Gasteiger partial charge is 0.354 e. The minimum atomic E-state index is -1.16. The van der Waals surface area contributed by atoms with Crippen molar-refractivity contribution in [3.8, 4) is 11.5 Å². The van der Waals surface area contributed by atoms with Gasteiger partial charge >= 0.3 is 5.97 Å². The average Bonchev–Trinajstić information content (AvgIpc) is 3.20. The maximum atomic E-state index is 12.7. The number of carboxylic acid groups (broad SMARTS) is 1. The van der Waals surface area contributed by atoms with Gasteiger partial charge in [0.05, 0.1) is 25.3 Å². The van der Waals surface area contributed by atoms with Gasteiger partial charge in [0.25, 0.3) is 5.91 Å². The molecule has 3 rings (SSSR count). The van der Waals surface area contributed by atoms with Crippen LogP contribution in [0.5, 0.6) is 11.5 Å². The summed E-state index contributed by atoms with van der Waals surface area (Å²) < 4.78 is 17.0. The number of carboxylic acids is 1. The van der Waals surface area contributed by atoms with Crippen molar-refractivity contribution in [2.45, 2.75) is 13.0 Å². The van der Waals surface area contributed by atoms with Crippen LogP contribution in [0, 0.1) is 0 Å². The van der Waals surface area contributed by atoms with Gasteiger partial charge in [0, 0.05) is 31.8 Å². The van der Waals surface area contributed by atoms with Crippen molar-refractivity contribution in [3.05, 3.63) is 70.4 Å². The van der Waals surface area contributed by atoms with Crippen LogP contribution in [0.1, 0.15) is 32.8 Å². The molecule has 0 fully saturated rings. The topological polar surface area (TPSA) is 112 Å². The highest BCUT2D eigenvalue weighted by Gasteiger charge is 2.17. The van der Waals surface area contributed by atoms with Crippen LogP contribution in [0.25, 0.3) is 0 Å². The number of hydrogen-bond donors (Lipinski definition) is 2. The Morgan fingerprint density at radius 1 is 1.09 bits per heavy atom. The zero-order valence-corrected chi connectivity index (χ0v) is 19.0. The van der Waals surface area contributed by atoms with E-state index in [9.17, 15) is 14.7 Å². The standard InChI is InChI=1S/C23H24ClN3O6/c1-31-10-3-11-33-20-9-6-16(12-18(20)24)22(28)25-21-13-19(23(29)30)27(26-21)14-15-4-7-17(32-2)8-5-15/h4-9,12-13H,3,10-11,14H2,1-2H3,(H,29,30)(H,25,26,28). The molecule has 0 unspecified atom stereocenters. The maximum absolute atomic E-state index is 12.7. The number of methoxy groups -OCH3 is 2. The van der Waals surface area contributed by atoms with E-state index in [0.717, 1.165) is 5.56 Å². The number of carbonyl (C=O) groups is 2. The van der Waals surface area contributed by atoms with Gasteiger partial charge in [0.2, 0.25) is 0 Å². The number of aromatic carboxylic acids is 1. The molecule has 174 valence electrons. The zero-order valence-electron chi connectivity index (χ0n) is 18.2. The number of anilines is 1. The van der Waals surface area contributed by atoms with Crippen molar-refractivity contribution in [2.24, 2.45) is 0 Å². The molecule has 10 heteroatoms. The fourth-order valence-electron chi connectivity index (χ4n) is 3.01. The summed E-state index contributed by atoms with van der Waals surface area (Å²) in [5.41, 5.74) is 1.05. The zero-order chi connectivity index (χ0) is 23.8. The Balaban J connectivity index is 1.70. The lowest BCUT2D eigenvalue weighted by molar-refractivity contribution is 0.0683. The molecule has 0 aliphatic rings. The second kappa shape index (κ2) is 11.3. The lowest BCUT2D eigenvalue weighted by Crippen LogP contribution is -2.13. The molecule has 1 heterocycles. The van der Waals surface area contributed by atoms with Crippen molar-refractivity contribution in [1.82, 2.24) is 9.78 Å². The van der Waals surface area contributed by atoms with Gasteiger partial charge in [0.1, 0.15) is 17.2 Å². The number of amides is 1. The normalized spacial score (nSPS) is 10.6. The van der Waals surface area contributed by atoms with Crippen LogP contribution in [-0.4, -0.2) is 54.2 Å². The van der Waals surface area contributed by atoms with E-state index >= 15 is 0 Å². The van der Waals surface area contributed by atoms with Gasteiger partial charge in [-0.05, 0) is 35.9 Å². The van der Waals surface area contributed by atoms with Gasteiger partial charge in [-0.15, -0.1) is 0 Å². The van der Waals surface area contributed by atoms with E-state index in [0.29, 0.717) is 31.1 Å². The molecule has 0 radical (unpaired) electrons. The van der Waals surface area contributed by atoms with E-state index in [2.05, 4.69) is 10.4 Å². The Bertz CT molecular complexity index is 1110. The molecule has 2 aromatic carbocycles. The van der Waals surface area contributed by atoms with Crippen molar-refractivity contribution in [3.63, 3.8) is 0 Å². The minimum Gasteiger partial charge on any atom is -0.497 e. The molecule has 0 bridgehead atoms. The Kier molecular flexibility index (Phi) is 8.28. The number of halogens is 1. The molecule has 0 aliphatic heterocycles. The molecule has 1 aromatic heterocycles. The largest absolute Gasteiger partial charge is 0.497 e. The quantitative estimate of drug-likeness (QED) is 0.405. The number of hydrogen-bond acceptors (Lipinski definition) is 6. The summed E-state index contributed by atoms with van der Waals surface area (Å²) in [4.78, 5) is 24.3. The molecule has 1 amide bonds. The van der Waals surface area contributed by atoms with Crippen molar-refractivity contribution in [2.75, 3.05) is 32.8 Å². The van der Waals surface area contributed by atoms with Crippen LogP contribution >= 0.6 is 11.6 Å². The van der Waals surface area contributed by atoms with E-state index in [1.54, 1.807) is 38.5 Å². The summed E-state index contributed by atoms with van der Waals surface area (Å²) in [5.74, 6) is -0.373. The van der Waals surface area contributed by atoms with E-state index < -0.39 is 11.9 Å². The molecule has 0 saturated heterocycles. The first-order valence-electron chi connectivity index (χ1n) is 10.1. The van der Waals surface area contributed by atoms with E-state index in [1.165, 1.54) is 16.8 Å². The third-order valence-electron chi connectivity index (χ3n) is 4.68. The van der Waals surface area contributed by atoms with Crippen molar-refractivity contribution in [1.29, 1.82) is 0 Å². The Morgan fingerprint density at radius 2 is 1.85 bits per heavy atom. The number of aromatic nitrogens is 2. The van der Waals surface area contributed by atoms with Crippen LogP contribution < -0.4 is 14.8 Å². The molecule has 2 N–H and O–H groups in total. The summed E-state index contributed by atoms with van der Waals surface area (Å²) in [5, 5.41) is 16.7. The lowest BCUT2D eigenvalue weighted by Gasteiger charge is -2.09. The van der Waals surface area contributed by atoms with Crippen LogP contribution in [0.4, 0.5) is 5.82 Å². The van der Waals surface area contributed by atoms with Crippen molar-refractivity contribution < 1.29 is 28.9 Å². The van der Waals surface area contributed by atoms with E-state index in [1.807, 2.05) is 12.1 Å². The second-order valence-electron chi connectivity index (χ2n) is 7.02. The summed E-state index contributed by atoms with van der Waals surface area (Å²) in [6.45, 7) is 1.21. The van der Waals surface area contributed by atoms with Gasteiger partial charge in [-0.1, -0.05) is 23.7 Å². The van der Waals surface area contributed by atoms with Crippen LogP contribution in [0.2, 0.25) is 5.02 Å². The molecule has 0 spiro atoms. The Morgan fingerprint density at radius 3 is 2.48 bits per heavy atom. The highest BCUT2D eigenvalue weighted by molar-refractivity contribution is 6.32. The molecule has 3 aromatic rings. The maximum Gasteiger partial charge on any atom is 0.354 e. The van der Waals surface area contributed by atoms with Crippen LogP contribution in [0.3, 0.4) is 0 Å². The van der Waals surface area contributed by atoms with Crippen molar-refractivity contribution >= 4 is 29.3 Å². The number of nitrogens with zero attached hydrogens (tertiary/aromatic N) is 2. The van der Waals surface area contributed by atoms with Gasteiger partial charge < -0.3 is 24.6 Å². The van der Waals surface area contributed by atoms with Gasteiger partial charge in [-0.3, -0.25) is 9.48 Å². The molecule has 0 saturated carbocycles. The molecular formula is C23H24ClN3O6. The van der Waals surface area contributed by atoms with E-state index in [4.69, 9.17) is 25.8 Å². The highest BCUT2D eigenvalue weighted by atomic mass is 35.5. The summed E-state index contributed by atoms with van der Waals surface area (Å²) >= 11 is 6.23. The fourth-order valence-corrected chi connectivity index (χ4v) is 3.24. The Hall–Kier alpha value is -3.56. The van der Waals surface area contributed by atoms with Gasteiger partial charge in [-0.25, -0.2) is 4.79 Å². The number of nitrogens with one attached hydrogen (secondary N) is 1. The molecule has 0 aliphatic carbocycles. The third-order valence-corrected chi connectivity index (χ3v) is 4.97. The minimum absolute atomic E-state index is 0.0565.